The molecule has 0 bridgehead atoms. The van der Waals surface area contributed by atoms with Gasteiger partial charge in [0.05, 0.1) is 6.61 Å². The Balaban J connectivity index is 1.83. The number of hydrogen-bond donors (Lipinski definition) is 3. The van der Waals surface area contributed by atoms with Gasteiger partial charge in [0.1, 0.15) is 0 Å². The maximum Gasteiger partial charge on any atom is 0.0701 e. The second-order valence-corrected chi connectivity index (χ2v) is 4.48. The van der Waals surface area contributed by atoms with Crippen LogP contribution < -0.4 is 10.6 Å². The third-order valence-electron chi connectivity index (χ3n) is 3.09. The second-order valence-electron chi connectivity index (χ2n) is 4.48. The van der Waals surface area contributed by atoms with Crippen LogP contribution in [0.25, 0.3) is 0 Å². The molecule has 0 aromatic heterocycles. The molecule has 0 fully saturated rings. The normalized spacial score (nSPS) is 10.2. The lowest BCUT2D eigenvalue weighted by atomic mass is 10.2. The van der Waals surface area contributed by atoms with Gasteiger partial charge in [0.15, 0.2) is 0 Å². The lowest BCUT2D eigenvalue weighted by Gasteiger charge is -2.12. The lowest BCUT2D eigenvalue weighted by Crippen LogP contribution is -2.15. The second kappa shape index (κ2) is 6.81. The highest BCUT2D eigenvalue weighted by Crippen LogP contribution is 2.15. The minimum atomic E-state index is 0.0639. The Morgan fingerprint density at radius 2 is 1.42 bits per heavy atom. The molecule has 2 aromatic rings. The van der Waals surface area contributed by atoms with E-state index in [9.17, 15) is 5.11 Å². The Morgan fingerprint density at radius 1 is 0.842 bits per heavy atom. The van der Waals surface area contributed by atoms with Crippen LogP contribution in [0, 0.1) is 6.92 Å². The van der Waals surface area contributed by atoms with E-state index >= 15 is 0 Å². The fraction of sp³-hybridized carbons (Fsp3) is 0.250. The summed E-state index contributed by atoms with van der Waals surface area (Å²) in [6, 6.07) is 16.1. The predicted octanol–water partition coefficient (Wildman–Crippen LogP) is 3.01. The summed E-state index contributed by atoms with van der Waals surface area (Å²) in [7, 11) is 0. The van der Waals surface area contributed by atoms with E-state index in [1.165, 1.54) is 11.3 Å². The predicted molar refractivity (Wildman–Crippen MR) is 80.5 cm³/mol. The Morgan fingerprint density at radius 3 is 2.11 bits per heavy atom. The number of aryl methyl sites for hydroxylation is 1. The maximum absolute atomic E-state index is 9.23. The lowest BCUT2D eigenvalue weighted by molar-refractivity contribution is 0.282. The van der Waals surface area contributed by atoms with Crippen molar-refractivity contribution in [1.82, 2.24) is 0 Å². The van der Waals surface area contributed by atoms with Gasteiger partial charge in [0, 0.05) is 30.0 Å². The average Bonchev–Trinajstić information content (AvgIpc) is 2.45. The van der Waals surface area contributed by atoms with Crippen molar-refractivity contribution in [3.8, 4) is 0 Å². The molecule has 3 nitrogen and oxygen atoms in total. The van der Waals surface area contributed by atoms with E-state index in [0.717, 1.165) is 24.3 Å². The summed E-state index contributed by atoms with van der Waals surface area (Å²) >= 11 is 0. The van der Waals surface area contributed by atoms with Crippen LogP contribution in [0.1, 0.15) is 11.1 Å². The quantitative estimate of drug-likeness (QED) is 0.696. The zero-order valence-corrected chi connectivity index (χ0v) is 11.2. The summed E-state index contributed by atoms with van der Waals surface area (Å²) in [5.41, 5.74) is 4.34. The average molecular weight is 256 g/mol. The van der Waals surface area contributed by atoms with Gasteiger partial charge in [0.2, 0.25) is 0 Å². The fourth-order valence-electron chi connectivity index (χ4n) is 2.00. The van der Waals surface area contributed by atoms with Crippen molar-refractivity contribution in [2.75, 3.05) is 23.7 Å². The molecule has 0 aliphatic heterocycles. The molecule has 2 rings (SSSR count). The Bertz CT molecular complexity index is 526. The Hall–Kier alpha value is -2.00. The molecule has 3 heteroatoms. The van der Waals surface area contributed by atoms with Crippen molar-refractivity contribution in [1.29, 1.82) is 0 Å². The van der Waals surface area contributed by atoms with E-state index in [1.807, 2.05) is 36.4 Å². The van der Waals surface area contributed by atoms with Gasteiger partial charge in [0.25, 0.3) is 0 Å². The van der Waals surface area contributed by atoms with Crippen LogP contribution in [0.2, 0.25) is 0 Å². The van der Waals surface area contributed by atoms with Crippen molar-refractivity contribution in [3.05, 3.63) is 59.7 Å². The molecule has 0 radical (unpaired) electrons. The van der Waals surface area contributed by atoms with E-state index in [4.69, 9.17) is 0 Å². The van der Waals surface area contributed by atoms with Crippen molar-refractivity contribution in [2.24, 2.45) is 0 Å². The number of nitrogens with one attached hydrogen (secondary N) is 2. The van der Waals surface area contributed by atoms with Gasteiger partial charge < -0.3 is 15.7 Å². The highest BCUT2D eigenvalue weighted by Gasteiger charge is 1.99. The van der Waals surface area contributed by atoms with Gasteiger partial charge in [-0.1, -0.05) is 36.4 Å². The first-order valence-electron chi connectivity index (χ1n) is 6.53. The van der Waals surface area contributed by atoms with Crippen LogP contribution in [0.5, 0.6) is 0 Å². The van der Waals surface area contributed by atoms with Gasteiger partial charge in [-0.05, 0) is 24.6 Å². The molecule has 0 unspecified atom stereocenters. The summed E-state index contributed by atoms with van der Waals surface area (Å²) in [5, 5.41) is 16.0. The number of anilines is 2. The van der Waals surface area contributed by atoms with E-state index in [-0.39, 0.29) is 6.61 Å². The van der Waals surface area contributed by atoms with Crippen molar-refractivity contribution < 1.29 is 5.11 Å². The SMILES string of the molecule is Cc1ccccc1NCCNc1ccccc1CO. The molecule has 0 aliphatic carbocycles. The third kappa shape index (κ3) is 3.73. The van der Waals surface area contributed by atoms with Gasteiger partial charge in [-0.15, -0.1) is 0 Å². The Labute approximate surface area is 114 Å². The van der Waals surface area contributed by atoms with E-state index in [2.05, 4.69) is 29.7 Å². The fourth-order valence-corrected chi connectivity index (χ4v) is 2.00. The molecule has 0 atom stereocenters. The minimum Gasteiger partial charge on any atom is -0.392 e. The monoisotopic (exact) mass is 256 g/mol. The number of aliphatic hydroxyl groups is 1. The molecule has 0 aliphatic rings. The largest absolute Gasteiger partial charge is 0.392 e. The molecule has 100 valence electrons. The van der Waals surface area contributed by atoms with Crippen LogP contribution >= 0.6 is 0 Å². The highest BCUT2D eigenvalue weighted by atomic mass is 16.3. The van der Waals surface area contributed by atoms with Crippen LogP contribution in [-0.2, 0) is 6.61 Å². The standard InChI is InChI=1S/C16H20N2O/c1-13-6-2-4-8-15(13)17-10-11-18-16-9-5-3-7-14(16)12-19/h2-9,17-19H,10-12H2,1H3. The first-order valence-corrected chi connectivity index (χ1v) is 6.53. The van der Waals surface area contributed by atoms with Crippen LogP contribution in [-0.4, -0.2) is 18.2 Å². The number of aliphatic hydroxyl groups excluding tert-OH is 1. The molecule has 3 N–H and O–H groups in total. The number of benzene rings is 2. The van der Waals surface area contributed by atoms with Crippen molar-refractivity contribution in [2.45, 2.75) is 13.5 Å². The molecule has 0 spiro atoms. The molecular weight excluding hydrogens is 236 g/mol. The van der Waals surface area contributed by atoms with E-state index in [0.29, 0.717) is 0 Å². The van der Waals surface area contributed by atoms with Crippen LogP contribution in [0.4, 0.5) is 11.4 Å². The van der Waals surface area contributed by atoms with Gasteiger partial charge >= 0.3 is 0 Å². The third-order valence-corrected chi connectivity index (χ3v) is 3.09. The number of hydrogen-bond acceptors (Lipinski definition) is 3. The molecular formula is C16H20N2O. The van der Waals surface area contributed by atoms with Gasteiger partial charge in [-0.3, -0.25) is 0 Å². The molecule has 19 heavy (non-hydrogen) atoms. The van der Waals surface area contributed by atoms with E-state index < -0.39 is 0 Å². The summed E-state index contributed by atoms with van der Waals surface area (Å²) in [6.07, 6.45) is 0. The molecule has 2 aromatic carbocycles. The summed E-state index contributed by atoms with van der Waals surface area (Å²) < 4.78 is 0. The summed E-state index contributed by atoms with van der Waals surface area (Å²) in [6.45, 7) is 3.81. The van der Waals surface area contributed by atoms with Gasteiger partial charge in [-0.2, -0.15) is 0 Å². The number of rotatable bonds is 6. The number of para-hydroxylation sites is 2. The smallest absolute Gasteiger partial charge is 0.0701 e. The maximum atomic E-state index is 9.23. The molecule has 0 amide bonds. The highest BCUT2D eigenvalue weighted by molar-refractivity contribution is 5.52. The minimum absolute atomic E-state index is 0.0639. The zero-order chi connectivity index (χ0) is 13.5. The Kier molecular flexibility index (Phi) is 4.81. The van der Waals surface area contributed by atoms with Crippen molar-refractivity contribution >= 4 is 11.4 Å². The molecule has 0 saturated heterocycles. The van der Waals surface area contributed by atoms with Crippen LogP contribution in [0.15, 0.2) is 48.5 Å². The van der Waals surface area contributed by atoms with Crippen LogP contribution in [0.3, 0.4) is 0 Å². The van der Waals surface area contributed by atoms with Crippen molar-refractivity contribution in [3.63, 3.8) is 0 Å². The molecule has 0 saturated carbocycles. The van der Waals surface area contributed by atoms with E-state index in [1.54, 1.807) is 0 Å². The zero-order valence-electron chi connectivity index (χ0n) is 11.2. The van der Waals surface area contributed by atoms with Gasteiger partial charge in [-0.25, -0.2) is 0 Å². The summed E-state index contributed by atoms with van der Waals surface area (Å²) in [5.74, 6) is 0. The molecule has 0 heterocycles. The topological polar surface area (TPSA) is 44.3 Å². The summed E-state index contributed by atoms with van der Waals surface area (Å²) in [4.78, 5) is 0. The first-order chi connectivity index (χ1) is 9.31. The first kappa shape index (κ1) is 13.4.